The molecule has 4 heterocycles. The Morgan fingerprint density at radius 3 is 2.72 bits per heavy atom. The van der Waals surface area contributed by atoms with Crippen LogP contribution in [-0.2, 0) is 0 Å². The van der Waals surface area contributed by atoms with Crippen LogP contribution in [0, 0.1) is 6.92 Å². The maximum atomic E-state index is 13.1. The maximum absolute atomic E-state index is 13.1. The minimum atomic E-state index is -0.265. The van der Waals surface area contributed by atoms with Crippen LogP contribution in [0.15, 0.2) is 47.3 Å². The third-order valence-corrected chi connectivity index (χ3v) is 5.55. The highest BCUT2D eigenvalue weighted by Crippen LogP contribution is 2.28. The van der Waals surface area contributed by atoms with Crippen LogP contribution in [-0.4, -0.2) is 48.7 Å². The highest BCUT2D eigenvalue weighted by molar-refractivity contribution is 6.05. The Bertz CT molecular complexity index is 1280. The van der Waals surface area contributed by atoms with Gasteiger partial charge in [0, 0.05) is 36.0 Å². The molecule has 1 N–H and O–H groups in total. The Morgan fingerprint density at radius 2 is 1.90 bits per heavy atom. The average Bonchev–Trinajstić information content (AvgIpc) is 3.15. The summed E-state index contributed by atoms with van der Waals surface area (Å²) in [4.78, 5) is 29.7. The first-order chi connectivity index (χ1) is 14.1. The Balaban J connectivity index is 1.39. The average molecular weight is 388 g/mol. The number of aryl methyl sites for hydroxylation is 1. The van der Waals surface area contributed by atoms with Crippen LogP contribution in [0.3, 0.4) is 0 Å². The van der Waals surface area contributed by atoms with Crippen molar-refractivity contribution < 1.29 is 4.79 Å². The third kappa shape index (κ3) is 3.06. The number of pyridine rings is 1. The SMILES string of the molecule is Cc1ccc2nnc(C3CCN(C(=O)c4cc(=O)[nH]c5ccccc45)CC3)n2n1. The van der Waals surface area contributed by atoms with E-state index in [0.717, 1.165) is 35.4 Å². The molecule has 1 fully saturated rings. The molecule has 29 heavy (non-hydrogen) atoms. The summed E-state index contributed by atoms with van der Waals surface area (Å²) in [6.45, 7) is 3.15. The number of carbonyl (C=O) groups is 1. The van der Waals surface area contributed by atoms with E-state index in [1.807, 2.05) is 52.7 Å². The van der Waals surface area contributed by atoms with Crippen LogP contribution in [0.25, 0.3) is 16.6 Å². The van der Waals surface area contributed by atoms with Crippen LogP contribution in [0.5, 0.6) is 0 Å². The number of likely N-dealkylation sites (tertiary alicyclic amines) is 1. The Labute approximate surface area is 166 Å². The molecule has 0 spiro atoms. The predicted octanol–water partition coefficient (Wildman–Crippen LogP) is 2.29. The normalized spacial score (nSPS) is 15.3. The molecule has 1 aromatic carbocycles. The summed E-state index contributed by atoms with van der Waals surface area (Å²) >= 11 is 0. The number of benzene rings is 1. The molecule has 1 aliphatic heterocycles. The van der Waals surface area contributed by atoms with Crippen molar-refractivity contribution in [1.82, 2.24) is 29.7 Å². The monoisotopic (exact) mass is 388 g/mol. The molecule has 1 saturated heterocycles. The molecule has 0 atom stereocenters. The van der Waals surface area contributed by atoms with Crippen LogP contribution in [0.1, 0.15) is 40.6 Å². The van der Waals surface area contributed by atoms with Gasteiger partial charge in [0.1, 0.15) is 0 Å². The number of hydrogen-bond acceptors (Lipinski definition) is 5. The van der Waals surface area contributed by atoms with Gasteiger partial charge >= 0.3 is 0 Å². The molecule has 0 radical (unpaired) electrons. The first kappa shape index (κ1) is 17.5. The van der Waals surface area contributed by atoms with E-state index < -0.39 is 0 Å². The van der Waals surface area contributed by atoms with E-state index in [-0.39, 0.29) is 17.4 Å². The van der Waals surface area contributed by atoms with Gasteiger partial charge in [0.25, 0.3) is 5.91 Å². The Morgan fingerprint density at radius 1 is 1.10 bits per heavy atom. The number of rotatable bonds is 2. The zero-order valence-corrected chi connectivity index (χ0v) is 16.0. The lowest BCUT2D eigenvalue weighted by Crippen LogP contribution is -2.38. The fourth-order valence-corrected chi connectivity index (χ4v) is 4.04. The number of hydrogen-bond donors (Lipinski definition) is 1. The number of para-hydroxylation sites is 1. The maximum Gasteiger partial charge on any atom is 0.254 e. The zero-order chi connectivity index (χ0) is 20.0. The first-order valence-electron chi connectivity index (χ1n) is 9.70. The van der Waals surface area contributed by atoms with Crippen molar-refractivity contribution in [2.45, 2.75) is 25.7 Å². The van der Waals surface area contributed by atoms with Gasteiger partial charge < -0.3 is 9.88 Å². The number of nitrogens with one attached hydrogen (secondary N) is 1. The zero-order valence-electron chi connectivity index (χ0n) is 16.0. The molecule has 146 valence electrons. The second-order valence-electron chi connectivity index (χ2n) is 7.46. The lowest BCUT2D eigenvalue weighted by molar-refractivity contribution is 0.0712. The van der Waals surface area contributed by atoms with E-state index in [1.54, 1.807) is 0 Å². The summed E-state index contributed by atoms with van der Waals surface area (Å²) in [6, 6.07) is 12.6. The lowest BCUT2D eigenvalue weighted by atomic mass is 9.95. The van der Waals surface area contributed by atoms with Crippen molar-refractivity contribution in [2.24, 2.45) is 0 Å². The number of aromatic amines is 1. The predicted molar refractivity (Wildman–Crippen MR) is 108 cm³/mol. The van der Waals surface area contributed by atoms with Crippen LogP contribution >= 0.6 is 0 Å². The van der Waals surface area contributed by atoms with Crippen LogP contribution in [0.4, 0.5) is 0 Å². The number of carbonyl (C=O) groups excluding carboxylic acids is 1. The van der Waals surface area contributed by atoms with Gasteiger partial charge in [-0.15, -0.1) is 10.2 Å². The quantitative estimate of drug-likeness (QED) is 0.568. The number of aromatic nitrogens is 5. The molecule has 8 nitrogen and oxygen atoms in total. The third-order valence-electron chi connectivity index (χ3n) is 5.55. The summed E-state index contributed by atoms with van der Waals surface area (Å²) in [7, 11) is 0. The topological polar surface area (TPSA) is 96.2 Å². The highest BCUT2D eigenvalue weighted by Gasteiger charge is 2.28. The molecule has 0 unspecified atom stereocenters. The summed E-state index contributed by atoms with van der Waals surface area (Å²) < 4.78 is 1.81. The van der Waals surface area contributed by atoms with Gasteiger partial charge in [0.05, 0.1) is 11.3 Å². The van der Waals surface area contributed by atoms with Gasteiger partial charge in [-0.3, -0.25) is 9.59 Å². The fraction of sp³-hybridized carbons (Fsp3) is 0.286. The molecular weight excluding hydrogens is 368 g/mol. The molecule has 0 saturated carbocycles. The molecule has 1 aliphatic rings. The molecule has 0 bridgehead atoms. The minimum Gasteiger partial charge on any atom is -0.339 e. The summed E-state index contributed by atoms with van der Waals surface area (Å²) in [6.07, 6.45) is 1.56. The van der Waals surface area contributed by atoms with Gasteiger partial charge in [-0.2, -0.15) is 9.61 Å². The first-order valence-corrected chi connectivity index (χ1v) is 9.70. The summed E-state index contributed by atoms with van der Waals surface area (Å²) in [5.41, 5.74) is 2.51. The summed E-state index contributed by atoms with van der Waals surface area (Å²) in [5, 5.41) is 13.8. The minimum absolute atomic E-state index is 0.106. The van der Waals surface area contributed by atoms with Crippen molar-refractivity contribution in [3.8, 4) is 0 Å². The van der Waals surface area contributed by atoms with E-state index in [9.17, 15) is 9.59 Å². The van der Waals surface area contributed by atoms with Gasteiger partial charge in [0.15, 0.2) is 11.5 Å². The van der Waals surface area contributed by atoms with E-state index in [2.05, 4.69) is 20.3 Å². The Hall–Kier alpha value is -3.55. The van der Waals surface area contributed by atoms with E-state index in [4.69, 9.17) is 0 Å². The van der Waals surface area contributed by atoms with E-state index in [0.29, 0.717) is 24.2 Å². The standard InChI is InChI=1S/C21H20N6O2/c1-13-6-7-18-23-24-20(27(18)25-13)14-8-10-26(11-9-14)21(29)16-12-19(28)22-17-5-3-2-4-15(16)17/h2-7,12,14H,8-11H2,1H3,(H,22,28). The molecule has 4 aromatic rings. The molecule has 1 amide bonds. The van der Waals surface area contributed by atoms with Gasteiger partial charge in [-0.05, 0) is 38.0 Å². The number of nitrogens with zero attached hydrogens (tertiary/aromatic N) is 5. The number of fused-ring (bicyclic) bond motifs is 2. The number of H-pyrrole nitrogens is 1. The summed E-state index contributed by atoms with van der Waals surface area (Å²) in [5.74, 6) is 0.933. The van der Waals surface area contributed by atoms with Gasteiger partial charge in [0.2, 0.25) is 5.56 Å². The fourth-order valence-electron chi connectivity index (χ4n) is 4.04. The van der Waals surface area contributed by atoms with Gasteiger partial charge in [-0.25, -0.2) is 0 Å². The van der Waals surface area contributed by atoms with E-state index >= 15 is 0 Å². The Kier molecular flexibility index (Phi) is 4.12. The van der Waals surface area contributed by atoms with Crippen molar-refractivity contribution >= 4 is 22.5 Å². The van der Waals surface area contributed by atoms with E-state index in [1.165, 1.54) is 6.07 Å². The molecular formula is C21H20N6O2. The highest BCUT2D eigenvalue weighted by atomic mass is 16.2. The molecule has 5 rings (SSSR count). The van der Waals surface area contributed by atoms with Crippen molar-refractivity contribution in [3.63, 3.8) is 0 Å². The molecule has 3 aromatic heterocycles. The second-order valence-corrected chi connectivity index (χ2v) is 7.46. The van der Waals surface area contributed by atoms with Crippen LogP contribution < -0.4 is 5.56 Å². The lowest BCUT2D eigenvalue weighted by Gasteiger charge is -2.31. The largest absolute Gasteiger partial charge is 0.339 e. The molecule has 0 aliphatic carbocycles. The smallest absolute Gasteiger partial charge is 0.254 e. The van der Waals surface area contributed by atoms with Crippen molar-refractivity contribution in [3.05, 3.63) is 69.9 Å². The second kappa shape index (κ2) is 6.80. The van der Waals surface area contributed by atoms with Gasteiger partial charge in [-0.1, -0.05) is 18.2 Å². The number of piperidine rings is 1. The van der Waals surface area contributed by atoms with Crippen LogP contribution in [0.2, 0.25) is 0 Å². The molecule has 8 heteroatoms. The van der Waals surface area contributed by atoms with Crippen molar-refractivity contribution in [2.75, 3.05) is 13.1 Å². The van der Waals surface area contributed by atoms with Crippen molar-refractivity contribution in [1.29, 1.82) is 0 Å². The number of amides is 1.